The first-order valence-corrected chi connectivity index (χ1v) is 9.29. The standard InChI is InChI=1S/C15H19NO3S2/c1-15(2)7-3-4-12(15)14-8-10-5-6-11(9-13(10)20-14)19-21(16,17)18/h5-6,8-9,12H,3-4,7H2,1-2H3,(H2,16,17,18). The molecule has 21 heavy (non-hydrogen) atoms. The lowest BCUT2D eigenvalue weighted by Crippen LogP contribution is -2.18. The molecule has 2 N–H and O–H groups in total. The fourth-order valence-corrected chi connectivity index (χ4v) is 5.05. The first-order chi connectivity index (χ1) is 9.74. The predicted molar refractivity (Wildman–Crippen MR) is 85.9 cm³/mol. The zero-order valence-electron chi connectivity index (χ0n) is 12.1. The van der Waals surface area contributed by atoms with Gasteiger partial charge in [0.05, 0.1) is 0 Å². The van der Waals surface area contributed by atoms with Crippen molar-refractivity contribution in [1.29, 1.82) is 0 Å². The molecule has 0 aliphatic heterocycles. The number of benzene rings is 1. The Morgan fingerprint density at radius 3 is 2.71 bits per heavy atom. The van der Waals surface area contributed by atoms with Crippen molar-refractivity contribution in [2.45, 2.75) is 39.0 Å². The summed E-state index contributed by atoms with van der Waals surface area (Å²) in [6, 6.07) is 7.50. The van der Waals surface area contributed by atoms with Crippen molar-refractivity contribution in [3.05, 3.63) is 29.1 Å². The van der Waals surface area contributed by atoms with Crippen LogP contribution in [0.5, 0.6) is 5.75 Å². The maximum Gasteiger partial charge on any atom is 0.380 e. The van der Waals surface area contributed by atoms with Gasteiger partial charge in [-0.3, -0.25) is 0 Å². The number of hydrogen-bond acceptors (Lipinski definition) is 4. The highest BCUT2D eigenvalue weighted by molar-refractivity contribution is 7.84. The molecule has 6 heteroatoms. The second kappa shape index (κ2) is 4.97. The Morgan fingerprint density at radius 2 is 2.10 bits per heavy atom. The van der Waals surface area contributed by atoms with E-state index in [9.17, 15) is 8.42 Å². The molecule has 2 aromatic rings. The summed E-state index contributed by atoms with van der Waals surface area (Å²) in [5.74, 6) is 0.849. The van der Waals surface area contributed by atoms with E-state index in [-0.39, 0.29) is 5.75 Å². The minimum absolute atomic E-state index is 0.268. The van der Waals surface area contributed by atoms with Crippen LogP contribution in [0.25, 0.3) is 10.1 Å². The highest BCUT2D eigenvalue weighted by Gasteiger charge is 2.36. The number of rotatable bonds is 3. The fraction of sp³-hybridized carbons (Fsp3) is 0.467. The summed E-state index contributed by atoms with van der Waals surface area (Å²) in [5.41, 5.74) is 0.334. The van der Waals surface area contributed by atoms with Crippen molar-refractivity contribution < 1.29 is 12.6 Å². The molecular formula is C15H19NO3S2. The molecule has 1 aliphatic rings. The minimum atomic E-state index is -3.97. The van der Waals surface area contributed by atoms with Gasteiger partial charge in [-0.25, -0.2) is 0 Å². The van der Waals surface area contributed by atoms with Gasteiger partial charge in [-0.1, -0.05) is 20.3 Å². The van der Waals surface area contributed by atoms with Crippen molar-refractivity contribution >= 4 is 31.7 Å². The zero-order valence-corrected chi connectivity index (χ0v) is 13.8. The highest BCUT2D eigenvalue weighted by Crippen LogP contribution is 2.51. The Labute approximate surface area is 129 Å². The van der Waals surface area contributed by atoms with Crippen molar-refractivity contribution in [2.75, 3.05) is 0 Å². The van der Waals surface area contributed by atoms with Crippen LogP contribution in [0.2, 0.25) is 0 Å². The smallest absolute Gasteiger partial charge is 0.371 e. The van der Waals surface area contributed by atoms with Gasteiger partial charge in [-0.05, 0) is 53.8 Å². The molecule has 0 amide bonds. The van der Waals surface area contributed by atoms with Crippen LogP contribution in [0, 0.1) is 5.41 Å². The molecule has 4 nitrogen and oxygen atoms in total. The quantitative estimate of drug-likeness (QED) is 0.933. The maximum atomic E-state index is 11.0. The number of hydrogen-bond donors (Lipinski definition) is 1. The SMILES string of the molecule is CC1(C)CCCC1c1cc2ccc(OS(N)(=O)=O)cc2s1. The van der Waals surface area contributed by atoms with E-state index >= 15 is 0 Å². The second-order valence-corrected chi connectivity index (χ2v) is 8.63. The van der Waals surface area contributed by atoms with E-state index in [0.717, 1.165) is 10.1 Å². The second-order valence-electron chi connectivity index (χ2n) is 6.36. The molecule has 1 aliphatic carbocycles. The largest absolute Gasteiger partial charge is 0.380 e. The molecule has 1 unspecified atom stereocenters. The van der Waals surface area contributed by atoms with Crippen LogP contribution in [-0.2, 0) is 10.3 Å². The van der Waals surface area contributed by atoms with E-state index in [0.29, 0.717) is 11.3 Å². The molecule has 3 rings (SSSR count). The normalized spacial score (nSPS) is 21.8. The van der Waals surface area contributed by atoms with Crippen LogP contribution >= 0.6 is 11.3 Å². The van der Waals surface area contributed by atoms with E-state index < -0.39 is 10.3 Å². The first kappa shape index (κ1) is 14.8. The summed E-state index contributed by atoms with van der Waals surface area (Å²) < 4.78 is 27.8. The Hall–Kier alpha value is -1.11. The van der Waals surface area contributed by atoms with Gasteiger partial charge < -0.3 is 4.18 Å². The Morgan fingerprint density at radius 1 is 1.33 bits per heavy atom. The molecule has 1 heterocycles. The molecule has 0 radical (unpaired) electrons. The molecule has 1 atom stereocenters. The summed E-state index contributed by atoms with van der Waals surface area (Å²) in [6.45, 7) is 4.65. The van der Waals surface area contributed by atoms with Gasteiger partial charge in [-0.15, -0.1) is 11.3 Å². The van der Waals surface area contributed by atoms with E-state index in [4.69, 9.17) is 9.32 Å². The van der Waals surface area contributed by atoms with Crippen LogP contribution in [0.4, 0.5) is 0 Å². The lowest BCUT2D eigenvalue weighted by Gasteiger charge is -2.25. The zero-order chi connectivity index (χ0) is 15.3. The topological polar surface area (TPSA) is 69.4 Å². The van der Waals surface area contributed by atoms with Crippen LogP contribution in [0.3, 0.4) is 0 Å². The average molecular weight is 325 g/mol. The summed E-state index contributed by atoms with van der Waals surface area (Å²) in [6.07, 6.45) is 3.75. The van der Waals surface area contributed by atoms with Gasteiger partial charge in [0.2, 0.25) is 0 Å². The van der Waals surface area contributed by atoms with Crippen LogP contribution in [0.15, 0.2) is 24.3 Å². The minimum Gasteiger partial charge on any atom is -0.371 e. The fourth-order valence-electron chi connectivity index (χ4n) is 3.24. The third kappa shape index (κ3) is 3.07. The average Bonchev–Trinajstić information content (AvgIpc) is 2.88. The van der Waals surface area contributed by atoms with E-state index in [1.807, 2.05) is 6.07 Å². The summed E-state index contributed by atoms with van der Waals surface area (Å²) >= 11 is 1.72. The lowest BCUT2D eigenvalue weighted by molar-refractivity contribution is 0.336. The van der Waals surface area contributed by atoms with Crippen LogP contribution in [0.1, 0.15) is 43.9 Å². The number of fused-ring (bicyclic) bond motifs is 1. The van der Waals surface area contributed by atoms with Gasteiger partial charge in [0.25, 0.3) is 0 Å². The van der Waals surface area contributed by atoms with Gasteiger partial charge in [0.15, 0.2) is 0 Å². The van der Waals surface area contributed by atoms with Gasteiger partial charge in [0, 0.05) is 9.58 Å². The number of nitrogens with two attached hydrogens (primary N) is 1. The van der Waals surface area contributed by atoms with Crippen molar-refractivity contribution in [1.82, 2.24) is 0 Å². The summed E-state index contributed by atoms with van der Waals surface area (Å²) in [4.78, 5) is 1.38. The maximum absolute atomic E-state index is 11.0. The van der Waals surface area contributed by atoms with Gasteiger partial charge in [0.1, 0.15) is 5.75 Å². The molecule has 1 fully saturated rings. The van der Waals surface area contributed by atoms with Gasteiger partial charge in [-0.2, -0.15) is 13.6 Å². The molecule has 1 aromatic carbocycles. The molecule has 0 bridgehead atoms. The highest BCUT2D eigenvalue weighted by atomic mass is 32.2. The number of thiophene rings is 1. The first-order valence-electron chi connectivity index (χ1n) is 7.00. The lowest BCUT2D eigenvalue weighted by atomic mass is 9.81. The van der Waals surface area contributed by atoms with E-state index in [2.05, 4.69) is 19.9 Å². The van der Waals surface area contributed by atoms with Crippen molar-refractivity contribution in [3.63, 3.8) is 0 Å². The van der Waals surface area contributed by atoms with Crippen LogP contribution < -0.4 is 9.32 Å². The Balaban J connectivity index is 1.97. The molecule has 1 saturated carbocycles. The third-order valence-electron chi connectivity index (χ3n) is 4.32. The Bertz CT molecular complexity index is 777. The van der Waals surface area contributed by atoms with Crippen molar-refractivity contribution in [3.8, 4) is 5.75 Å². The third-order valence-corrected chi connectivity index (χ3v) is 5.96. The summed E-state index contributed by atoms with van der Waals surface area (Å²) in [7, 11) is -3.97. The Kier molecular flexibility index (Phi) is 3.50. The van der Waals surface area contributed by atoms with E-state index in [1.165, 1.54) is 24.1 Å². The molecule has 0 saturated heterocycles. The molecule has 1 aromatic heterocycles. The van der Waals surface area contributed by atoms with Crippen molar-refractivity contribution in [2.24, 2.45) is 10.6 Å². The summed E-state index contributed by atoms with van der Waals surface area (Å²) in [5, 5.41) is 6.03. The molecule has 0 spiro atoms. The molecular weight excluding hydrogens is 306 g/mol. The monoisotopic (exact) mass is 325 g/mol. The van der Waals surface area contributed by atoms with Crippen LogP contribution in [-0.4, -0.2) is 8.42 Å². The van der Waals surface area contributed by atoms with Gasteiger partial charge >= 0.3 is 10.3 Å². The predicted octanol–water partition coefficient (Wildman–Crippen LogP) is 3.78. The van der Waals surface area contributed by atoms with E-state index in [1.54, 1.807) is 23.5 Å². The molecule has 114 valence electrons.